The first-order chi connectivity index (χ1) is 6.14. The first-order valence-corrected chi connectivity index (χ1v) is 4.35. The smallest absolute Gasteiger partial charge is 0.134 e. The molecule has 3 heteroatoms. The van der Waals surface area contributed by atoms with E-state index in [0.29, 0.717) is 18.8 Å². The summed E-state index contributed by atoms with van der Waals surface area (Å²) in [4.78, 5) is 0. The third kappa shape index (κ3) is 3.64. The maximum Gasteiger partial charge on any atom is 0.134 e. The highest BCUT2D eigenvalue weighted by atomic mass is 16.5. The van der Waals surface area contributed by atoms with E-state index in [2.05, 4.69) is 12.3 Å². The summed E-state index contributed by atoms with van der Waals surface area (Å²) in [6.45, 7) is 7.21. The number of aliphatic hydroxyl groups excluding tert-OH is 2. The van der Waals surface area contributed by atoms with Crippen molar-refractivity contribution < 1.29 is 14.9 Å². The van der Waals surface area contributed by atoms with Crippen molar-refractivity contribution in [3.8, 4) is 0 Å². The standard InChI is InChI=1S/C10H18O3/c1-4-9(3)13-8-10(5-2,6-11)7-12/h11-12H,1,5-8H2,2-3H3. The molecule has 0 saturated carbocycles. The molecule has 0 fully saturated rings. The molecule has 3 nitrogen and oxygen atoms in total. The zero-order valence-electron chi connectivity index (χ0n) is 8.34. The van der Waals surface area contributed by atoms with Crippen LogP contribution in [0.25, 0.3) is 0 Å². The molecule has 0 saturated heterocycles. The van der Waals surface area contributed by atoms with E-state index in [1.807, 2.05) is 6.92 Å². The van der Waals surface area contributed by atoms with E-state index in [-0.39, 0.29) is 13.2 Å². The van der Waals surface area contributed by atoms with E-state index in [4.69, 9.17) is 14.9 Å². The molecule has 0 aromatic carbocycles. The summed E-state index contributed by atoms with van der Waals surface area (Å²) < 4.78 is 5.25. The van der Waals surface area contributed by atoms with Crippen LogP contribution >= 0.6 is 0 Å². The van der Waals surface area contributed by atoms with E-state index in [1.54, 1.807) is 6.92 Å². The maximum absolute atomic E-state index is 9.08. The molecule has 0 rings (SSSR count). The monoisotopic (exact) mass is 186 g/mol. The van der Waals surface area contributed by atoms with Gasteiger partial charge in [-0.25, -0.2) is 0 Å². The van der Waals surface area contributed by atoms with Crippen molar-refractivity contribution in [3.05, 3.63) is 18.1 Å². The van der Waals surface area contributed by atoms with Gasteiger partial charge in [0.1, 0.15) is 5.76 Å². The fraction of sp³-hybridized carbons (Fsp3) is 0.700. The summed E-state index contributed by atoms with van der Waals surface area (Å²) in [6.07, 6.45) is 0.671. The van der Waals surface area contributed by atoms with E-state index in [0.717, 1.165) is 0 Å². The minimum absolute atomic E-state index is 0.0789. The van der Waals surface area contributed by atoms with Crippen LogP contribution in [0.2, 0.25) is 0 Å². The molecular formula is C10H18O3. The molecule has 0 unspecified atom stereocenters. The summed E-state index contributed by atoms with van der Waals surface area (Å²) in [5.74, 6) is 0.583. The Morgan fingerprint density at radius 1 is 1.46 bits per heavy atom. The highest BCUT2D eigenvalue weighted by molar-refractivity contribution is 4.85. The molecule has 0 spiro atoms. The Hall–Kier alpha value is -0.760. The lowest BCUT2D eigenvalue weighted by Crippen LogP contribution is -2.34. The van der Waals surface area contributed by atoms with Crippen LogP contribution in [0.5, 0.6) is 0 Å². The van der Waals surface area contributed by atoms with Crippen LogP contribution in [-0.4, -0.2) is 30.0 Å². The average molecular weight is 186 g/mol. The van der Waals surface area contributed by atoms with E-state index >= 15 is 0 Å². The molecule has 0 heterocycles. The maximum atomic E-state index is 9.08. The normalized spacial score (nSPS) is 10.8. The van der Waals surface area contributed by atoms with Gasteiger partial charge in [-0.2, -0.15) is 0 Å². The molecular weight excluding hydrogens is 168 g/mol. The molecule has 76 valence electrons. The Balaban J connectivity index is 4.18. The van der Waals surface area contributed by atoms with Gasteiger partial charge in [-0.1, -0.05) is 19.2 Å². The SMILES string of the molecule is C=C=C(C)OCC(CC)(CO)CO. The Morgan fingerprint density at radius 2 is 2.00 bits per heavy atom. The lowest BCUT2D eigenvalue weighted by Gasteiger charge is -2.27. The molecule has 0 radical (unpaired) electrons. The Kier molecular flexibility index (Phi) is 5.47. The second-order valence-electron chi connectivity index (χ2n) is 3.19. The molecule has 0 aliphatic rings. The molecule has 2 N–H and O–H groups in total. The van der Waals surface area contributed by atoms with Gasteiger partial charge in [-0.05, 0) is 6.42 Å². The summed E-state index contributed by atoms with van der Waals surface area (Å²) in [7, 11) is 0. The summed E-state index contributed by atoms with van der Waals surface area (Å²) in [5, 5.41) is 18.2. The molecule has 0 aliphatic carbocycles. The fourth-order valence-electron chi connectivity index (χ4n) is 0.779. The topological polar surface area (TPSA) is 49.7 Å². The predicted molar refractivity (Wildman–Crippen MR) is 51.2 cm³/mol. The summed E-state index contributed by atoms with van der Waals surface area (Å²) >= 11 is 0. The van der Waals surface area contributed by atoms with Crippen molar-refractivity contribution in [2.45, 2.75) is 20.3 Å². The van der Waals surface area contributed by atoms with Crippen molar-refractivity contribution in [2.75, 3.05) is 19.8 Å². The molecule has 0 aliphatic heterocycles. The lowest BCUT2D eigenvalue weighted by atomic mass is 9.88. The quantitative estimate of drug-likeness (QED) is 0.482. The first kappa shape index (κ1) is 12.2. The molecule has 0 aromatic heterocycles. The van der Waals surface area contributed by atoms with Crippen molar-refractivity contribution in [3.63, 3.8) is 0 Å². The molecule has 0 aromatic rings. The van der Waals surface area contributed by atoms with Crippen LogP contribution in [0.4, 0.5) is 0 Å². The highest BCUT2D eigenvalue weighted by Gasteiger charge is 2.27. The third-order valence-corrected chi connectivity index (χ3v) is 2.26. The number of hydrogen-bond donors (Lipinski definition) is 2. The van der Waals surface area contributed by atoms with Gasteiger partial charge in [0.2, 0.25) is 0 Å². The van der Waals surface area contributed by atoms with Gasteiger partial charge in [0.15, 0.2) is 0 Å². The van der Waals surface area contributed by atoms with Gasteiger partial charge in [0.25, 0.3) is 0 Å². The van der Waals surface area contributed by atoms with Gasteiger partial charge in [0.05, 0.1) is 25.2 Å². The number of ether oxygens (including phenoxy) is 1. The zero-order chi connectivity index (χ0) is 10.3. The number of rotatable bonds is 6. The van der Waals surface area contributed by atoms with Crippen LogP contribution in [0, 0.1) is 5.41 Å². The Bertz CT molecular complexity index is 180. The Labute approximate surface area is 79.3 Å². The van der Waals surface area contributed by atoms with Crippen molar-refractivity contribution in [1.82, 2.24) is 0 Å². The molecule has 0 bridgehead atoms. The van der Waals surface area contributed by atoms with Crippen LogP contribution < -0.4 is 0 Å². The molecule has 0 atom stereocenters. The number of aliphatic hydroxyl groups is 2. The highest BCUT2D eigenvalue weighted by Crippen LogP contribution is 2.21. The van der Waals surface area contributed by atoms with E-state index in [1.165, 1.54) is 0 Å². The van der Waals surface area contributed by atoms with Gasteiger partial charge in [0, 0.05) is 6.92 Å². The van der Waals surface area contributed by atoms with Crippen molar-refractivity contribution in [2.24, 2.45) is 5.41 Å². The van der Waals surface area contributed by atoms with Gasteiger partial charge >= 0.3 is 0 Å². The Morgan fingerprint density at radius 3 is 2.31 bits per heavy atom. The minimum Gasteiger partial charge on any atom is -0.489 e. The van der Waals surface area contributed by atoms with Gasteiger partial charge in [-0.3, -0.25) is 0 Å². The first-order valence-electron chi connectivity index (χ1n) is 4.35. The van der Waals surface area contributed by atoms with E-state index in [9.17, 15) is 0 Å². The second kappa shape index (κ2) is 5.81. The molecule has 13 heavy (non-hydrogen) atoms. The lowest BCUT2D eigenvalue weighted by molar-refractivity contribution is -0.00896. The van der Waals surface area contributed by atoms with Gasteiger partial charge in [-0.15, -0.1) is 0 Å². The van der Waals surface area contributed by atoms with Crippen LogP contribution in [0.1, 0.15) is 20.3 Å². The number of hydrogen-bond acceptors (Lipinski definition) is 3. The predicted octanol–water partition coefficient (Wildman–Crippen LogP) is 1.07. The third-order valence-electron chi connectivity index (χ3n) is 2.26. The molecule has 0 amide bonds. The second-order valence-corrected chi connectivity index (χ2v) is 3.19. The van der Waals surface area contributed by atoms with Crippen LogP contribution in [0.15, 0.2) is 18.1 Å². The van der Waals surface area contributed by atoms with Gasteiger partial charge < -0.3 is 14.9 Å². The fourth-order valence-corrected chi connectivity index (χ4v) is 0.779. The minimum atomic E-state index is -0.544. The zero-order valence-corrected chi connectivity index (χ0v) is 8.34. The summed E-state index contributed by atoms with van der Waals surface area (Å²) in [5.41, 5.74) is 2.05. The summed E-state index contributed by atoms with van der Waals surface area (Å²) in [6, 6.07) is 0. The van der Waals surface area contributed by atoms with E-state index < -0.39 is 5.41 Å². The van der Waals surface area contributed by atoms with Crippen LogP contribution in [0.3, 0.4) is 0 Å². The largest absolute Gasteiger partial charge is 0.489 e. The average Bonchev–Trinajstić information content (AvgIpc) is 2.20. The number of allylic oxidation sites excluding steroid dienone is 1. The van der Waals surface area contributed by atoms with Crippen molar-refractivity contribution >= 4 is 0 Å². The van der Waals surface area contributed by atoms with Crippen LogP contribution in [-0.2, 0) is 4.74 Å². The van der Waals surface area contributed by atoms with Crippen molar-refractivity contribution in [1.29, 1.82) is 0 Å².